The Balaban J connectivity index is 2.18. The fraction of sp³-hybridized carbons (Fsp3) is 0. The van der Waals surface area contributed by atoms with Gasteiger partial charge in [-0.2, -0.15) is 0 Å². The van der Waals surface area contributed by atoms with E-state index in [0.717, 1.165) is 18.2 Å². The number of hydrogen-bond acceptors (Lipinski definition) is 11. The van der Waals surface area contributed by atoms with Crippen LogP contribution < -0.4 is 10.1 Å². The van der Waals surface area contributed by atoms with Crippen LogP contribution in [0.5, 0.6) is 5.75 Å². The number of phenols is 1. The molecule has 2 aromatic rings. The van der Waals surface area contributed by atoms with E-state index in [1.165, 1.54) is 0 Å². The molecule has 1 aromatic heterocycles. The van der Waals surface area contributed by atoms with Crippen molar-refractivity contribution in [2.75, 3.05) is 10.1 Å². The van der Waals surface area contributed by atoms with Crippen LogP contribution in [0, 0.1) is 0 Å². The molecular formula is C9H9ClCuN7O5S. The predicted molar refractivity (Wildman–Crippen MR) is 77.5 cm³/mol. The Hall–Kier alpha value is -2.09. The Morgan fingerprint density at radius 1 is 1.29 bits per heavy atom. The summed E-state index contributed by atoms with van der Waals surface area (Å²) in [7, 11) is -4.48. The van der Waals surface area contributed by atoms with Crippen LogP contribution >= 0.6 is 11.6 Å². The van der Waals surface area contributed by atoms with Gasteiger partial charge in [-0.15, -0.1) is 0 Å². The van der Waals surface area contributed by atoms with Crippen molar-refractivity contribution >= 4 is 39.3 Å². The molecule has 0 spiro atoms. The van der Waals surface area contributed by atoms with Crippen LogP contribution in [-0.4, -0.2) is 37.2 Å². The number of nitrogen functional groups attached to an aromatic ring is 1. The van der Waals surface area contributed by atoms with Crippen LogP contribution in [0.15, 0.2) is 32.3 Å². The van der Waals surface area contributed by atoms with Crippen molar-refractivity contribution in [3.63, 3.8) is 0 Å². The van der Waals surface area contributed by atoms with E-state index in [-0.39, 0.29) is 22.9 Å². The first-order valence-corrected chi connectivity index (χ1v) is 8.73. The number of anilines is 2. The molecule has 0 aliphatic carbocycles. The summed E-state index contributed by atoms with van der Waals surface area (Å²) >= 11 is 3.67. The van der Waals surface area contributed by atoms with Crippen LogP contribution in [0.4, 0.5) is 17.6 Å². The maximum atomic E-state index is 11.0. The van der Waals surface area contributed by atoms with Crippen molar-refractivity contribution in [2.45, 2.75) is 4.90 Å². The third kappa shape index (κ3) is 4.95. The molecule has 12 nitrogen and oxygen atoms in total. The quantitative estimate of drug-likeness (QED) is 0.257. The van der Waals surface area contributed by atoms with Crippen LogP contribution in [0.3, 0.4) is 0 Å². The number of rotatable bonds is 5. The average molecular weight is 426 g/mol. The summed E-state index contributed by atoms with van der Waals surface area (Å²) in [6, 6.07) is 2.82. The summed E-state index contributed by atoms with van der Waals surface area (Å²) in [6.07, 6.45) is 0. The molecule has 6 N–H and O–H groups in total. The molecule has 0 fully saturated rings. The number of phenolic OH excluding ortho intramolecular Hbond substituents is 1. The molecule has 2 rings (SSSR count). The zero-order valence-corrected chi connectivity index (χ0v) is 13.8. The van der Waals surface area contributed by atoms with Gasteiger partial charge in [-0.25, -0.2) is 0 Å². The van der Waals surface area contributed by atoms with Gasteiger partial charge in [0, 0.05) is 0 Å². The Labute approximate surface area is 144 Å². The van der Waals surface area contributed by atoms with Crippen molar-refractivity contribution in [1.29, 1.82) is 0 Å². The molecule has 1 heterocycles. The predicted octanol–water partition coefficient (Wildman–Crippen LogP) is 0.611. The summed E-state index contributed by atoms with van der Waals surface area (Å²) in [5, 5.41) is 12.8. The van der Waals surface area contributed by atoms with Gasteiger partial charge in [0.25, 0.3) is 0 Å². The second kappa shape index (κ2) is 7.21. The van der Waals surface area contributed by atoms with E-state index in [1.807, 2.05) is 0 Å². The monoisotopic (exact) mass is 425 g/mol. The molecule has 134 valence electrons. The molecule has 0 saturated heterocycles. The number of aromatic nitrogens is 3. The van der Waals surface area contributed by atoms with Crippen LogP contribution in [0.1, 0.15) is 0 Å². The topological polar surface area (TPSA) is 196 Å². The second-order valence-electron chi connectivity index (χ2n) is 3.84. The first-order valence-electron chi connectivity index (χ1n) is 5.60. The van der Waals surface area contributed by atoms with E-state index in [1.54, 1.807) is 0 Å². The molecule has 0 aliphatic heterocycles. The number of nitrogens with two attached hydrogens (primary N) is 1. The molecule has 0 aliphatic rings. The molecule has 1 aromatic carbocycles. The number of halogens is 1. The van der Waals surface area contributed by atoms with Crippen molar-refractivity contribution in [3.8, 4) is 5.75 Å². The van der Waals surface area contributed by atoms with E-state index in [0.29, 0.717) is 0 Å². The van der Waals surface area contributed by atoms with Crippen molar-refractivity contribution < 1.29 is 36.9 Å². The van der Waals surface area contributed by atoms with Gasteiger partial charge in [0.05, 0.1) is 0 Å². The molecule has 0 radical (unpaired) electrons. The number of aromatic hydroxyl groups is 1. The fourth-order valence-corrected chi connectivity index (χ4v) is 2.48. The van der Waals surface area contributed by atoms with E-state index in [4.69, 9.17) is 21.9 Å². The zero-order chi connectivity index (χ0) is 17.9. The number of benzene rings is 1. The molecule has 15 heteroatoms. The summed E-state index contributed by atoms with van der Waals surface area (Å²) in [4.78, 5) is 10.3. The Kier molecular flexibility index (Phi) is 5.48. The third-order valence-electron chi connectivity index (χ3n) is 2.20. The normalized spacial score (nSPS) is 12.4. The molecule has 0 bridgehead atoms. The van der Waals surface area contributed by atoms with E-state index in [9.17, 15) is 17.7 Å². The van der Waals surface area contributed by atoms with Gasteiger partial charge in [0.1, 0.15) is 0 Å². The molecular weight excluding hydrogens is 417 g/mol. The molecule has 0 atom stereocenters. The fourth-order valence-electron chi connectivity index (χ4n) is 1.28. The van der Waals surface area contributed by atoms with Gasteiger partial charge >= 0.3 is 145 Å². The molecule has 0 unspecified atom stereocenters. The van der Waals surface area contributed by atoms with Gasteiger partial charge in [-0.1, -0.05) is 0 Å². The van der Waals surface area contributed by atoms with Gasteiger partial charge in [0.2, 0.25) is 0 Å². The number of hydrogen-bond donors (Lipinski definition) is 5. The summed E-state index contributed by atoms with van der Waals surface area (Å²) < 4.78 is 46.4. The standard InChI is InChI=1S/C6H5N2O4S.C3H3ClN5.Cu.H2O/c7-8-5-3-4(13(10,11)12)1-2-6(5)9;4-1-7-2(5)9-3(6)8-1;;/h1-3,9H,(H,10,11,12);(H3-,5,6,7,8,9);;1H2/q2*-1;+3;/p-1. The van der Waals surface area contributed by atoms with Gasteiger partial charge in [-0.3, -0.25) is 0 Å². The summed E-state index contributed by atoms with van der Waals surface area (Å²) in [5.41, 5.74) is 5.04. The second-order valence-corrected chi connectivity index (χ2v) is 6.64. The Bertz CT molecular complexity index is 876. The average Bonchev–Trinajstić information content (AvgIpc) is 2.44. The van der Waals surface area contributed by atoms with Crippen LogP contribution in [0.25, 0.3) is 0 Å². The van der Waals surface area contributed by atoms with Crippen molar-refractivity contribution in [3.05, 3.63) is 23.5 Å². The maximum absolute atomic E-state index is 11.0. The molecule has 0 amide bonds. The van der Waals surface area contributed by atoms with Crippen molar-refractivity contribution in [1.82, 2.24) is 15.0 Å². The molecule has 24 heavy (non-hydrogen) atoms. The SMILES string of the molecule is Nc1nc(Cl)nc([NH][Cu]([OH])[N]=Nc2cc(S(=O)(=O)O)ccc2O)n1. The first-order chi connectivity index (χ1) is 11.1. The Morgan fingerprint density at radius 2 is 2.00 bits per heavy atom. The first kappa shape index (κ1) is 18.3. The zero-order valence-electron chi connectivity index (χ0n) is 11.3. The number of nitrogens with one attached hydrogen (secondary N) is 1. The third-order valence-corrected chi connectivity index (χ3v) is 3.91. The minimum absolute atomic E-state index is 0.176. The van der Waals surface area contributed by atoms with E-state index < -0.39 is 35.4 Å². The summed E-state index contributed by atoms with van der Waals surface area (Å²) in [6.45, 7) is 0. The van der Waals surface area contributed by atoms with Crippen LogP contribution in [-0.2, 0) is 24.8 Å². The summed E-state index contributed by atoms with van der Waals surface area (Å²) in [5.74, 6) is -0.789. The van der Waals surface area contributed by atoms with Crippen molar-refractivity contribution in [2.24, 2.45) is 9.24 Å². The Morgan fingerprint density at radius 3 is 2.62 bits per heavy atom. The minimum atomic E-state index is -4.48. The molecule has 0 saturated carbocycles. The van der Waals surface area contributed by atoms with E-state index in [2.05, 4.69) is 28.5 Å². The van der Waals surface area contributed by atoms with Gasteiger partial charge in [-0.05, 0) is 0 Å². The van der Waals surface area contributed by atoms with E-state index >= 15 is 0 Å². The van der Waals surface area contributed by atoms with Gasteiger partial charge < -0.3 is 0 Å². The van der Waals surface area contributed by atoms with Crippen LogP contribution in [0.2, 0.25) is 5.28 Å². The van der Waals surface area contributed by atoms with Gasteiger partial charge in [0.15, 0.2) is 0 Å². The number of nitrogens with zero attached hydrogens (tertiary/aromatic N) is 5.